The van der Waals surface area contributed by atoms with E-state index in [1.54, 1.807) is 18.2 Å². The number of carbonyl (C=O) groups is 1. The Morgan fingerprint density at radius 1 is 1.30 bits per heavy atom. The van der Waals surface area contributed by atoms with Crippen molar-refractivity contribution in [1.82, 2.24) is 0 Å². The summed E-state index contributed by atoms with van der Waals surface area (Å²) in [5.41, 5.74) is 1.54. The van der Waals surface area contributed by atoms with Gasteiger partial charge in [-0.2, -0.15) is 0 Å². The average molecular weight is 355 g/mol. The number of anilines is 1. The van der Waals surface area contributed by atoms with Crippen LogP contribution in [0.4, 0.5) is 10.5 Å². The number of hydrogen-bond acceptors (Lipinski definition) is 3. The fourth-order valence-corrected chi connectivity index (χ4v) is 4.37. The number of carbonyl (C=O) groups excluding carboxylic acids is 1. The summed E-state index contributed by atoms with van der Waals surface area (Å²) in [5, 5.41) is 7.62. The zero-order valence-corrected chi connectivity index (χ0v) is 15.0. The van der Waals surface area contributed by atoms with Crippen molar-refractivity contribution >= 4 is 40.7 Å². The topological polar surface area (TPSA) is 50.7 Å². The molecule has 124 valence electrons. The molecular formula is C17H20Cl2N2O2. The molecule has 2 saturated carbocycles. The van der Waals surface area contributed by atoms with Gasteiger partial charge in [-0.3, -0.25) is 10.2 Å². The number of nitrogens with zero attached hydrogens (tertiary/aromatic N) is 1. The molecule has 2 unspecified atom stereocenters. The van der Waals surface area contributed by atoms with Crippen molar-refractivity contribution in [1.29, 1.82) is 0 Å². The van der Waals surface area contributed by atoms with Gasteiger partial charge in [-0.15, -0.1) is 0 Å². The molecule has 2 atom stereocenters. The highest BCUT2D eigenvalue weighted by molar-refractivity contribution is 6.42. The number of nitrogens with one attached hydrogen (secondary N) is 1. The zero-order chi connectivity index (χ0) is 16.8. The lowest BCUT2D eigenvalue weighted by atomic mass is 9.71. The molecule has 0 aromatic heterocycles. The first kappa shape index (κ1) is 16.6. The first-order chi connectivity index (χ1) is 10.7. The van der Waals surface area contributed by atoms with Gasteiger partial charge >= 0.3 is 6.09 Å². The maximum atomic E-state index is 12.0. The Morgan fingerprint density at radius 3 is 2.65 bits per heavy atom. The van der Waals surface area contributed by atoms with Gasteiger partial charge in [-0.25, -0.2) is 4.79 Å². The normalized spacial score (nSPS) is 29.8. The van der Waals surface area contributed by atoms with Gasteiger partial charge in [0.1, 0.15) is 0 Å². The van der Waals surface area contributed by atoms with E-state index in [0.717, 1.165) is 18.6 Å². The van der Waals surface area contributed by atoms with E-state index in [1.807, 2.05) is 0 Å². The fraction of sp³-hybridized carbons (Fsp3) is 0.529. The molecule has 2 bridgehead atoms. The highest BCUT2D eigenvalue weighted by Crippen LogP contribution is 2.60. The number of amides is 1. The molecule has 23 heavy (non-hydrogen) atoms. The molecule has 1 amide bonds. The second kappa shape index (κ2) is 5.67. The summed E-state index contributed by atoms with van der Waals surface area (Å²) in [5.74, 6) is 0.619. The predicted octanol–water partition coefficient (Wildman–Crippen LogP) is 5.74. The Bertz CT molecular complexity index is 680. The van der Waals surface area contributed by atoms with Crippen molar-refractivity contribution in [3.05, 3.63) is 28.2 Å². The molecule has 6 heteroatoms. The van der Waals surface area contributed by atoms with Crippen LogP contribution in [0.25, 0.3) is 0 Å². The van der Waals surface area contributed by atoms with Crippen molar-refractivity contribution in [2.45, 2.75) is 40.0 Å². The van der Waals surface area contributed by atoms with E-state index in [4.69, 9.17) is 28.0 Å². The minimum Gasteiger partial charge on any atom is -0.298 e. The monoisotopic (exact) mass is 354 g/mol. The van der Waals surface area contributed by atoms with E-state index in [1.165, 1.54) is 6.42 Å². The van der Waals surface area contributed by atoms with Gasteiger partial charge < -0.3 is 0 Å². The van der Waals surface area contributed by atoms with Gasteiger partial charge in [0.2, 0.25) is 0 Å². The summed E-state index contributed by atoms with van der Waals surface area (Å²) in [6.07, 6.45) is 2.82. The third-order valence-corrected chi connectivity index (χ3v) is 6.07. The van der Waals surface area contributed by atoms with Crippen LogP contribution in [0.5, 0.6) is 0 Å². The second-order valence-corrected chi connectivity index (χ2v) is 8.11. The molecule has 1 N–H and O–H groups in total. The number of fused-ring (bicyclic) bond motifs is 2. The van der Waals surface area contributed by atoms with Crippen molar-refractivity contribution in [2.24, 2.45) is 21.9 Å². The standard InChI is InChI=1S/C17H20Cl2N2O2/c1-16(2)10-6-7-17(3,9-10)14(16)21-23-15(22)20-11-4-5-12(18)13(19)8-11/h4-5,8,10H,6-7,9H2,1-3H3,(H,20,22). The van der Waals surface area contributed by atoms with Gasteiger partial charge in [0.15, 0.2) is 0 Å². The highest BCUT2D eigenvalue weighted by atomic mass is 35.5. The van der Waals surface area contributed by atoms with Crippen molar-refractivity contribution in [3.8, 4) is 0 Å². The molecule has 4 nitrogen and oxygen atoms in total. The maximum Gasteiger partial charge on any atom is 0.437 e. The van der Waals surface area contributed by atoms with Crippen LogP contribution in [0, 0.1) is 16.7 Å². The Labute approximate surface area is 146 Å². The van der Waals surface area contributed by atoms with Crippen LogP contribution in [0.1, 0.15) is 40.0 Å². The van der Waals surface area contributed by atoms with Gasteiger partial charge in [0.05, 0.1) is 15.8 Å². The van der Waals surface area contributed by atoms with E-state index in [9.17, 15) is 4.79 Å². The van der Waals surface area contributed by atoms with Gasteiger partial charge in [-0.1, -0.05) is 49.1 Å². The summed E-state index contributed by atoms with van der Waals surface area (Å²) in [4.78, 5) is 17.1. The fourth-order valence-electron chi connectivity index (χ4n) is 4.07. The van der Waals surface area contributed by atoms with Crippen LogP contribution in [-0.4, -0.2) is 11.8 Å². The molecule has 3 rings (SSSR count). The molecule has 0 spiro atoms. The average Bonchev–Trinajstić information content (AvgIpc) is 2.93. The largest absolute Gasteiger partial charge is 0.437 e. The predicted molar refractivity (Wildman–Crippen MR) is 93.2 cm³/mol. The van der Waals surface area contributed by atoms with Crippen LogP contribution >= 0.6 is 23.2 Å². The van der Waals surface area contributed by atoms with Crippen LogP contribution < -0.4 is 5.32 Å². The Kier molecular flexibility index (Phi) is 4.09. The summed E-state index contributed by atoms with van der Waals surface area (Å²) in [6.45, 7) is 6.57. The highest BCUT2D eigenvalue weighted by Gasteiger charge is 2.57. The molecule has 2 aliphatic rings. The molecule has 0 saturated heterocycles. The third-order valence-electron chi connectivity index (χ3n) is 5.33. The summed E-state index contributed by atoms with van der Waals surface area (Å²) >= 11 is 11.8. The molecule has 0 aliphatic heterocycles. The molecule has 0 radical (unpaired) electrons. The SMILES string of the molecule is CC12CCC(C1)C(C)(C)C2=NOC(=O)Nc1ccc(Cl)c(Cl)c1. The quantitative estimate of drug-likeness (QED) is 0.543. The summed E-state index contributed by atoms with van der Waals surface area (Å²) in [7, 11) is 0. The Balaban J connectivity index is 1.70. The number of halogens is 2. The smallest absolute Gasteiger partial charge is 0.298 e. The second-order valence-electron chi connectivity index (χ2n) is 7.29. The first-order valence-corrected chi connectivity index (χ1v) is 8.50. The van der Waals surface area contributed by atoms with E-state index >= 15 is 0 Å². The van der Waals surface area contributed by atoms with E-state index in [0.29, 0.717) is 21.7 Å². The number of benzene rings is 1. The van der Waals surface area contributed by atoms with Crippen LogP contribution in [-0.2, 0) is 4.84 Å². The van der Waals surface area contributed by atoms with Gasteiger partial charge in [0, 0.05) is 16.5 Å². The van der Waals surface area contributed by atoms with Crippen molar-refractivity contribution in [3.63, 3.8) is 0 Å². The molecule has 1 aromatic carbocycles. The molecule has 2 aliphatic carbocycles. The van der Waals surface area contributed by atoms with Crippen molar-refractivity contribution < 1.29 is 9.63 Å². The third kappa shape index (κ3) is 2.94. The zero-order valence-electron chi connectivity index (χ0n) is 13.5. The molecule has 2 fully saturated rings. The van der Waals surface area contributed by atoms with Gasteiger partial charge in [0.25, 0.3) is 0 Å². The Hall–Kier alpha value is -1.26. The summed E-state index contributed by atoms with van der Waals surface area (Å²) < 4.78 is 0. The summed E-state index contributed by atoms with van der Waals surface area (Å²) in [6, 6.07) is 4.85. The lowest BCUT2D eigenvalue weighted by Gasteiger charge is -2.34. The van der Waals surface area contributed by atoms with Gasteiger partial charge in [-0.05, 0) is 43.4 Å². The maximum absolute atomic E-state index is 12.0. The van der Waals surface area contributed by atoms with E-state index < -0.39 is 6.09 Å². The lowest BCUT2D eigenvalue weighted by Crippen LogP contribution is -2.36. The van der Waals surface area contributed by atoms with Crippen LogP contribution in [0.15, 0.2) is 23.4 Å². The number of oxime groups is 1. The minimum absolute atomic E-state index is 0.0170. The van der Waals surface area contributed by atoms with Crippen LogP contribution in [0.3, 0.4) is 0 Å². The minimum atomic E-state index is -0.627. The lowest BCUT2D eigenvalue weighted by molar-refractivity contribution is 0.162. The molecular weight excluding hydrogens is 335 g/mol. The molecule has 1 aromatic rings. The number of hydrogen-bond donors (Lipinski definition) is 1. The van der Waals surface area contributed by atoms with Crippen molar-refractivity contribution in [2.75, 3.05) is 5.32 Å². The Morgan fingerprint density at radius 2 is 2.04 bits per heavy atom. The molecule has 0 heterocycles. The number of rotatable bonds is 2. The van der Waals surface area contributed by atoms with Crippen LogP contribution in [0.2, 0.25) is 10.0 Å². The van der Waals surface area contributed by atoms with E-state index in [-0.39, 0.29) is 10.8 Å². The van der Waals surface area contributed by atoms with E-state index in [2.05, 4.69) is 31.2 Å². The first-order valence-electron chi connectivity index (χ1n) is 7.74.